The van der Waals surface area contributed by atoms with Crippen LogP contribution in [-0.4, -0.2) is 67.4 Å². The van der Waals surface area contributed by atoms with Crippen LogP contribution in [0, 0.1) is 0 Å². The molecule has 0 saturated heterocycles. The van der Waals surface area contributed by atoms with E-state index in [1.807, 2.05) is 37.4 Å². The van der Waals surface area contributed by atoms with Crippen LogP contribution >= 0.6 is 0 Å². The summed E-state index contributed by atoms with van der Waals surface area (Å²) in [7, 11) is 7.07. The lowest BCUT2D eigenvalue weighted by molar-refractivity contribution is 0.354. The number of furan rings is 1. The lowest BCUT2D eigenvalue weighted by atomic mass is 10.1. The van der Waals surface area contributed by atoms with Crippen LogP contribution in [0.3, 0.4) is 0 Å². The zero-order chi connectivity index (χ0) is 21.3. The zero-order valence-electron chi connectivity index (χ0n) is 17.8. The largest absolute Gasteiger partial charge is 0.493 e. The van der Waals surface area contributed by atoms with Crippen molar-refractivity contribution in [1.82, 2.24) is 25.4 Å². The van der Waals surface area contributed by atoms with Crippen molar-refractivity contribution in [3.05, 3.63) is 48.0 Å². The van der Waals surface area contributed by atoms with E-state index < -0.39 is 0 Å². The van der Waals surface area contributed by atoms with Gasteiger partial charge in [-0.25, -0.2) is 4.98 Å². The fourth-order valence-corrected chi connectivity index (χ4v) is 3.04. The summed E-state index contributed by atoms with van der Waals surface area (Å²) >= 11 is 0. The molecule has 160 valence electrons. The summed E-state index contributed by atoms with van der Waals surface area (Å²) < 4.78 is 16.0. The second-order valence-electron chi connectivity index (χ2n) is 6.67. The number of hydrogen-bond donors (Lipinski definition) is 2. The Morgan fingerprint density at radius 1 is 1.20 bits per heavy atom. The van der Waals surface area contributed by atoms with Crippen LogP contribution < -0.4 is 14.8 Å². The number of aromatic nitrogens is 3. The van der Waals surface area contributed by atoms with Gasteiger partial charge in [-0.15, -0.1) is 0 Å². The van der Waals surface area contributed by atoms with Gasteiger partial charge in [-0.3, -0.25) is 10.1 Å². The van der Waals surface area contributed by atoms with Crippen LogP contribution in [0.25, 0.3) is 11.6 Å². The quantitative estimate of drug-likeness (QED) is 0.411. The monoisotopic (exact) mass is 412 g/mol. The molecule has 0 unspecified atom stereocenters. The Bertz CT molecular complexity index is 952. The molecule has 2 N–H and O–H groups in total. The molecule has 0 fully saturated rings. The number of ether oxygens (including phenoxy) is 2. The topological polar surface area (TPSA) is 101 Å². The number of rotatable bonds is 9. The highest BCUT2D eigenvalue weighted by Gasteiger charge is 2.10. The van der Waals surface area contributed by atoms with E-state index in [2.05, 4.69) is 30.4 Å². The summed E-state index contributed by atoms with van der Waals surface area (Å²) in [6, 6.07) is 9.63. The summed E-state index contributed by atoms with van der Waals surface area (Å²) in [4.78, 5) is 10.9. The average Bonchev–Trinajstić information content (AvgIpc) is 3.46. The molecule has 0 saturated carbocycles. The molecule has 9 nitrogen and oxygen atoms in total. The standard InChI is InChI=1S/C21H28N6O3/c1-22-21(23-11-9-19-24-20(26-25-19)17-6-5-13-30-17)27(2)12-10-15-7-8-16(28-3)18(14-15)29-4/h5-8,13-14H,9-12H2,1-4H3,(H,22,23)(H,24,25,26). The highest BCUT2D eigenvalue weighted by molar-refractivity contribution is 5.79. The van der Waals surface area contributed by atoms with Crippen molar-refractivity contribution in [3.8, 4) is 23.1 Å². The Balaban J connectivity index is 1.47. The van der Waals surface area contributed by atoms with Crippen molar-refractivity contribution >= 4 is 5.96 Å². The Morgan fingerprint density at radius 2 is 2.03 bits per heavy atom. The number of nitrogens with one attached hydrogen (secondary N) is 2. The van der Waals surface area contributed by atoms with Gasteiger partial charge in [-0.1, -0.05) is 6.07 Å². The van der Waals surface area contributed by atoms with Crippen LogP contribution in [0.15, 0.2) is 46.0 Å². The first kappa shape index (κ1) is 21.2. The third-order valence-electron chi connectivity index (χ3n) is 4.68. The van der Waals surface area contributed by atoms with E-state index in [9.17, 15) is 0 Å². The number of likely N-dealkylation sites (N-methyl/N-ethyl adjacent to an activating group) is 1. The number of methoxy groups -OCH3 is 2. The van der Waals surface area contributed by atoms with Gasteiger partial charge in [0.2, 0.25) is 5.82 Å². The fraction of sp³-hybridized carbons (Fsp3) is 0.381. The Labute approximate surface area is 176 Å². The van der Waals surface area contributed by atoms with Crippen molar-refractivity contribution in [2.45, 2.75) is 12.8 Å². The fourth-order valence-electron chi connectivity index (χ4n) is 3.04. The summed E-state index contributed by atoms with van der Waals surface area (Å²) in [6.07, 6.45) is 3.15. The molecule has 3 aromatic rings. The molecule has 30 heavy (non-hydrogen) atoms. The summed E-state index contributed by atoms with van der Waals surface area (Å²) in [5, 5.41) is 10.5. The number of aromatic amines is 1. The van der Waals surface area contributed by atoms with Crippen molar-refractivity contribution in [2.24, 2.45) is 4.99 Å². The molecule has 1 aromatic carbocycles. The lowest BCUT2D eigenvalue weighted by Crippen LogP contribution is -2.40. The smallest absolute Gasteiger partial charge is 0.216 e. The Morgan fingerprint density at radius 3 is 2.73 bits per heavy atom. The molecule has 2 aromatic heterocycles. The minimum Gasteiger partial charge on any atom is -0.493 e. The lowest BCUT2D eigenvalue weighted by Gasteiger charge is -2.22. The molecule has 0 amide bonds. The van der Waals surface area contributed by atoms with E-state index in [4.69, 9.17) is 13.9 Å². The molecule has 9 heteroatoms. The van der Waals surface area contributed by atoms with Gasteiger partial charge >= 0.3 is 0 Å². The third-order valence-corrected chi connectivity index (χ3v) is 4.68. The normalized spacial score (nSPS) is 11.4. The molecule has 0 atom stereocenters. The first-order valence-corrected chi connectivity index (χ1v) is 9.72. The van der Waals surface area contributed by atoms with Crippen LogP contribution in [0.2, 0.25) is 0 Å². The van der Waals surface area contributed by atoms with Crippen LogP contribution in [-0.2, 0) is 12.8 Å². The van der Waals surface area contributed by atoms with Crippen molar-refractivity contribution in [2.75, 3.05) is 41.4 Å². The number of guanidine groups is 1. The highest BCUT2D eigenvalue weighted by atomic mass is 16.5. The number of aliphatic imine (C=N–C) groups is 1. The molecular formula is C21H28N6O3. The average molecular weight is 412 g/mol. The van der Waals surface area contributed by atoms with Gasteiger partial charge in [0.25, 0.3) is 0 Å². The maximum absolute atomic E-state index is 5.38. The highest BCUT2D eigenvalue weighted by Crippen LogP contribution is 2.27. The van der Waals surface area contributed by atoms with E-state index in [-0.39, 0.29) is 0 Å². The second kappa shape index (κ2) is 10.3. The van der Waals surface area contributed by atoms with Crippen molar-refractivity contribution in [3.63, 3.8) is 0 Å². The number of benzene rings is 1. The molecule has 0 aliphatic rings. The predicted octanol–water partition coefficient (Wildman–Crippen LogP) is 2.37. The zero-order valence-corrected chi connectivity index (χ0v) is 17.8. The van der Waals surface area contributed by atoms with E-state index >= 15 is 0 Å². The summed E-state index contributed by atoms with van der Waals surface area (Å²) in [5.74, 6) is 4.29. The van der Waals surface area contributed by atoms with Crippen LogP contribution in [0.4, 0.5) is 0 Å². The molecular weight excluding hydrogens is 384 g/mol. The van der Waals surface area contributed by atoms with Gasteiger partial charge < -0.3 is 24.1 Å². The number of nitrogens with zero attached hydrogens (tertiary/aromatic N) is 4. The van der Waals surface area contributed by atoms with Crippen molar-refractivity contribution < 1.29 is 13.9 Å². The maximum Gasteiger partial charge on any atom is 0.216 e. The van der Waals surface area contributed by atoms with Crippen molar-refractivity contribution in [1.29, 1.82) is 0 Å². The van der Waals surface area contributed by atoms with E-state index in [0.29, 0.717) is 24.6 Å². The third kappa shape index (κ3) is 5.31. The predicted molar refractivity (Wildman–Crippen MR) is 115 cm³/mol. The number of H-pyrrole nitrogens is 1. The van der Waals surface area contributed by atoms with Gasteiger partial charge in [-0.05, 0) is 36.2 Å². The maximum atomic E-state index is 5.38. The van der Waals surface area contributed by atoms with Crippen LogP contribution in [0.1, 0.15) is 11.4 Å². The molecule has 3 rings (SSSR count). The first-order valence-electron chi connectivity index (χ1n) is 9.72. The van der Waals surface area contributed by atoms with Gasteiger partial charge in [0.1, 0.15) is 5.82 Å². The van der Waals surface area contributed by atoms with Gasteiger partial charge in [0, 0.05) is 33.6 Å². The molecule has 0 bridgehead atoms. The SMILES string of the molecule is CN=C(NCCc1nc(-c2ccco2)n[nH]1)N(C)CCc1ccc(OC)c(OC)c1. The molecule has 0 aliphatic heterocycles. The number of hydrogen-bond acceptors (Lipinski definition) is 6. The Kier molecular flexibility index (Phi) is 7.31. The van der Waals surface area contributed by atoms with E-state index in [0.717, 1.165) is 36.2 Å². The summed E-state index contributed by atoms with van der Waals surface area (Å²) in [5.41, 5.74) is 1.17. The van der Waals surface area contributed by atoms with Crippen LogP contribution in [0.5, 0.6) is 11.5 Å². The van der Waals surface area contributed by atoms with Gasteiger partial charge in [-0.2, -0.15) is 5.10 Å². The Hall–Kier alpha value is -3.49. The van der Waals surface area contributed by atoms with Gasteiger partial charge in [0.15, 0.2) is 23.2 Å². The molecule has 0 spiro atoms. The minimum absolute atomic E-state index is 0.561. The second-order valence-corrected chi connectivity index (χ2v) is 6.67. The molecule has 0 aliphatic carbocycles. The van der Waals surface area contributed by atoms with E-state index in [1.54, 1.807) is 27.5 Å². The molecule has 2 heterocycles. The molecule has 0 radical (unpaired) electrons. The summed E-state index contributed by atoms with van der Waals surface area (Å²) in [6.45, 7) is 1.49. The first-order chi connectivity index (χ1) is 14.6. The van der Waals surface area contributed by atoms with E-state index in [1.165, 1.54) is 5.56 Å². The minimum atomic E-state index is 0.561. The van der Waals surface area contributed by atoms with Gasteiger partial charge in [0.05, 0.1) is 20.5 Å².